The lowest BCUT2D eigenvalue weighted by Gasteiger charge is -2.03. The summed E-state index contributed by atoms with van der Waals surface area (Å²) in [5.41, 5.74) is 3.47. The number of hydrogen-bond acceptors (Lipinski definition) is 7. The van der Waals surface area contributed by atoms with Gasteiger partial charge in [-0.05, 0) is 24.3 Å². The predicted molar refractivity (Wildman–Crippen MR) is 107 cm³/mol. The van der Waals surface area contributed by atoms with Crippen LogP contribution in [-0.4, -0.2) is 33.5 Å². The van der Waals surface area contributed by atoms with Crippen LogP contribution in [0, 0.1) is 0 Å². The highest BCUT2D eigenvalue weighted by Crippen LogP contribution is 2.16. The van der Waals surface area contributed by atoms with Gasteiger partial charge in [-0.1, -0.05) is 41.7 Å². The van der Waals surface area contributed by atoms with Crippen LogP contribution in [0.25, 0.3) is 0 Å². The number of nitrogens with zero attached hydrogens (tertiary/aromatic N) is 3. The van der Waals surface area contributed by atoms with E-state index in [2.05, 4.69) is 31.4 Å². The maximum Gasteiger partial charge on any atom is 0.325 e. The number of hydrogen-bond donors (Lipinski definition) is 4. The number of anilines is 2. The number of hydrazone groups is 1. The Morgan fingerprint density at radius 3 is 2.57 bits per heavy atom. The molecule has 1 heterocycles. The molecule has 10 heteroatoms. The zero-order valence-electron chi connectivity index (χ0n) is 14.5. The fraction of sp³-hybridized carbons (Fsp3) is 0.0556. The molecule has 0 aliphatic carbocycles. The first-order valence-corrected chi connectivity index (χ1v) is 8.97. The summed E-state index contributed by atoms with van der Waals surface area (Å²) >= 11 is 1.09. The van der Waals surface area contributed by atoms with Gasteiger partial charge in [0.2, 0.25) is 11.0 Å². The third-order valence-electron chi connectivity index (χ3n) is 3.36. The normalized spacial score (nSPS) is 10.6. The van der Waals surface area contributed by atoms with Gasteiger partial charge in [0, 0.05) is 11.3 Å². The van der Waals surface area contributed by atoms with Crippen molar-refractivity contribution in [3.05, 3.63) is 65.2 Å². The highest BCUT2D eigenvalue weighted by Gasteiger charge is 2.11. The van der Waals surface area contributed by atoms with Crippen molar-refractivity contribution in [1.82, 2.24) is 15.6 Å². The van der Waals surface area contributed by atoms with Gasteiger partial charge in [0.25, 0.3) is 0 Å². The number of urea groups is 1. The maximum absolute atomic E-state index is 11.9. The number of benzene rings is 2. The van der Waals surface area contributed by atoms with Crippen LogP contribution >= 0.6 is 11.3 Å². The average molecular weight is 396 g/mol. The molecule has 142 valence electrons. The molecule has 1 aromatic heterocycles. The number of aromatic nitrogens is 2. The van der Waals surface area contributed by atoms with Crippen LogP contribution in [0.5, 0.6) is 5.75 Å². The summed E-state index contributed by atoms with van der Waals surface area (Å²) in [6, 6.07) is 15.1. The van der Waals surface area contributed by atoms with Crippen molar-refractivity contribution >= 4 is 40.3 Å². The van der Waals surface area contributed by atoms with Gasteiger partial charge >= 0.3 is 6.03 Å². The number of carbonyl (C=O) groups excluding carboxylic acids is 2. The number of aromatic hydroxyl groups is 1. The monoisotopic (exact) mass is 396 g/mol. The summed E-state index contributed by atoms with van der Waals surface area (Å²) in [5.74, 6) is -0.336. The summed E-state index contributed by atoms with van der Waals surface area (Å²) in [5, 5.41) is 27.0. The minimum Gasteiger partial charge on any atom is -0.507 e. The number of para-hydroxylation sites is 2. The number of phenolic OH excluding ortho intramolecular Hbond substituents is 1. The maximum atomic E-state index is 11.9. The van der Waals surface area contributed by atoms with Gasteiger partial charge in [-0.2, -0.15) is 5.10 Å². The molecule has 2 aromatic carbocycles. The molecule has 28 heavy (non-hydrogen) atoms. The first-order valence-electron chi connectivity index (χ1n) is 8.15. The van der Waals surface area contributed by atoms with E-state index < -0.39 is 11.9 Å². The fourth-order valence-corrected chi connectivity index (χ4v) is 2.84. The molecule has 0 fully saturated rings. The number of rotatable bonds is 6. The van der Waals surface area contributed by atoms with E-state index in [-0.39, 0.29) is 17.3 Å². The Morgan fingerprint density at radius 2 is 1.79 bits per heavy atom. The Hall–Kier alpha value is -3.79. The lowest BCUT2D eigenvalue weighted by molar-refractivity contribution is -0.120. The summed E-state index contributed by atoms with van der Waals surface area (Å²) in [6.07, 6.45) is 1.30. The molecule has 0 atom stereocenters. The Labute approximate surface area is 164 Å². The first kappa shape index (κ1) is 19.0. The van der Waals surface area contributed by atoms with Crippen molar-refractivity contribution < 1.29 is 14.7 Å². The second-order valence-electron chi connectivity index (χ2n) is 5.47. The molecule has 3 aromatic rings. The number of carbonyl (C=O) groups is 2. The van der Waals surface area contributed by atoms with Crippen molar-refractivity contribution in [2.24, 2.45) is 5.10 Å². The van der Waals surface area contributed by atoms with Crippen molar-refractivity contribution in [3.63, 3.8) is 0 Å². The van der Waals surface area contributed by atoms with E-state index in [1.165, 1.54) is 12.3 Å². The van der Waals surface area contributed by atoms with Crippen molar-refractivity contribution in [2.75, 3.05) is 10.6 Å². The van der Waals surface area contributed by atoms with Crippen LogP contribution in [-0.2, 0) is 11.2 Å². The van der Waals surface area contributed by atoms with Gasteiger partial charge < -0.3 is 10.4 Å². The van der Waals surface area contributed by atoms with Gasteiger partial charge in [-0.25, -0.2) is 10.2 Å². The van der Waals surface area contributed by atoms with E-state index in [4.69, 9.17) is 0 Å². The highest BCUT2D eigenvalue weighted by molar-refractivity contribution is 7.15. The van der Waals surface area contributed by atoms with Crippen LogP contribution in [0.15, 0.2) is 59.7 Å². The molecular weight excluding hydrogens is 380 g/mol. The summed E-state index contributed by atoms with van der Waals surface area (Å²) in [4.78, 5) is 23.8. The molecule has 3 rings (SSSR count). The topological polar surface area (TPSA) is 129 Å². The molecule has 0 unspecified atom stereocenters. The Morgan fingerprint density at radius 1 is 1.04 bits per heavy atom. The summed E-state index contributed by atoms with van der Waals surface area (Å²) < 4.78 is 0. The van der Waals surface area contributed by atoms with Crippen molar-refractivity contribution in [2.45, 2.75) is 6.42 Å². The lowest BCUT2D eigenvalue weighted by Crippen LogP contribution is -2.19. The quantitative estimate of drug-likeness (QED) is 0.376. The van der Waals surface area contributed by atoms with Gasteiger partial charge in [0.1, 0.15) is 10.8 Å². The Balaban J connectivity index is 1.48. The number of nitrogens with one attached hydrogen (secondary N) is 3. The van der Waals surface area contributed by atoms with E-state index in [1.807, 2.05) is 6.07 Å². The molecular formula is C18H16N6O3S. The van der Waals surface area contributed by atoms with Crippen LogP contribution in [0.2, 0.25) is 0 Å². The third-order valence-corrected chi connectivity index (χ3v) is 4.20. The largest absolute Gasteiger partial charge is 0.507 e. The molecule has 4 N–H and O–H groups in total. The molecule has 0 radical (unpaired) electrons. The number of amides is 3. The van der Waals surface area contributed by atoms with Gasteiger partial charge in [0.05, 0.1) is 12.6 Å². The van der Waals surface area contributed by atoms with Gasteiger partial charge in [-0.15, -0.1) is 10.2 Å². The van der Waals surface area contributed by atoms with E-state index in [1.54, 1.807) is 42.5 Å². The van der Waals surface area contributed by atoms with Crippen LogP contribution < -0.4 is 16.1 Å². The second kappa shape index (κ2) is 9.24. The highest BCUT2D eigenvalue weighted by atomic mass is 32.1. The van der Waals surface area contributed by atoms with Crippen molar-refractivity contribution in [3.8, 4) is 5.75 Å². The first-order chi connectivity index (χ1) is 13.6. The third kappa shape index (κ3) is 5.61. The van der Waals surface area contributed by atoms with E-state index >= 15 is 0 Å². The molecule has 3 amide bonds. The smallest absolute Gasteiger partial charge is 0.325 e. The molecule has 9 nitrogen and oxygen atoms in total. The minimum absolute atomic E-state index is 0.0439. The van der Waals surface area contributed by atoms with Gasteiger partial charge in [0.15, 0.2) is 0 Å². The van der Waals surface area contributed by atoms with E-state index in [0.717, 1.165) is 11.3 Å². The molecule has 0 bridgehead atoms. The van der Waals surface area contributed by atoms with E-state index in [0.29, 0.717) is 16.3 Å². The zero-order chi connectivity index (χ0) is 19.8. The predicted octanol–water partition coefficient (Wildman–Crippen LogP) is 2.58. The molecule has 0 aliphatic heterocycles. The van der Waals surface area contributed by atoms with Crippen LogP contribution in [0.1, 0.15) is 10.6 Å². The fourth-order valence-electron chi connectivity index (χ4n) is 2.10. The van der Waals surface area contributed by atoms with Gasteiger partial charge in [-0.3, -0.25) is 10.1 Å². The van der Waals surface area contributed by atoms with Crippen LogP contribution in [0.4, 0.5) is 15.6 Å². The average Bonchev–Trinajstić information content (AvgIpc) is 3.10. The molecule has 0 saturated heterocycles. The minimum atomic E-state index is -0.453. The molecule has 0 spiro atoms. The standard InChI is InChI=1S/C18H16N6O3S/c25-14-9-5-4-6-12(14)11-19-22-15(26)10-16-23-24-18(28-16)21-17(27)20-13-7-2-1-3-8-13/h1-9,11,25H,10H2,(H,22,26)(H2,20,21,24,27). The zero-order valence-corrected chi connectivity index (χ0v) is 15.3. The second-order valence-corrected chi connectivity index (χ2v) is 6.54. The molecule has 0 aliphatic rings. The Kier molecular flexibility index (Phi) is 6.26. The SMILES string of the molecule is O=C(Cc1nnc(NC(=O)Nc2ccccc2)s1)NN=Cc1ccccc1O. The summed E-state index contributed by atoms with van der Waals surface area (Å²) in [7, 11) is 0. The lowest BCUT2D eigenvalue weighted by atomic mass is 10.2. The van der Waals surface area contributed by atoms with Crippen LogP contribution in [0.3, 0.4) is 0 Å². The summed E-state index contributed by atoms with van der Waals surface area (Å²) in [6.45, 7) is 0. The van der Waals surface area contributed by atoms with Crippen molar-refractivity contribution in [1.29, 1.82) is 0 Å². The number of phenols is 1. The Bertz CT molecular complexity index is 990. The van der Waals surface area contributed by atoms with E-state index in [9.17, 15) is 14.7 Å². The molecule has 0 saturated carbocycles.